The maximum atomic E-state index is 11.9. The van der Waals surface area contributed by atoms with Gasteiger partial charge in [-0.15, -0.1) is 0 Å². The Labute approximate surface area is 124 Å². The second-order valence-corrected chi connectivity index (χ2v) is 5.92. The van der Waals surface area contributed by atoms with E-state index >= 15 is 0 Å². The average Bonchev–Trinajstić information content (AvgIpc) is 2.48. The molecular formula is C16H18NO3P. The van der Waals surface area contributed by atoms with Crippen LogP contribution in [0.5, 0.6) is 0 Å². The molecule has 4 nitrogen and oxygen atoms in total. The van der Waals surface area contributed by atoms with Crippen LogP contribution in [0.2, 0.25) is 0 Å². The van der Waals surface area contributed by atoms with Crippen molar-refractivity contribution in [1.82, 2.24) is 5.32 Å². The van der Waals surface area contributed by atoms with Crippen LogP contribution in [-0.4, -0.2) is 17.2 Å². The third-order valence-corrected chi connectivity index (χ3v) is 4.08. The van der Waals surface area contributed by atoms with Crippen LogP contribution in [0.4, 0.5) is 0 Å². The van der Waals surface area contributed by atoms with E-state index in [0.717, 1.165) is 5.56 Å². The molecule has 110 valence electrons. The van der Waals surface area contributed by atoms with Gasteiger partial charge in [0, 0.05) is 18.3 Å². The van der Waals surface area contributed by atoms with Gasteiger partial charge in [-0.05, 0) is 17.2 Å². The van der Waals surface area contributed by atoms with Gasteiger partial charge in [-0.3, -0.25) is 9.36 Å². The first-order valence-corrected chi connectivity index (χ1v) is 8.10. The molecular weight excluding hydrogens is 285 g/mol. The fourth-order valence-corrected chi connectivity index (χ4v) is 2.79. The Morgan fingerprint density at radius 3 is 2.43 bits per heavy atom. The lowest BCUT2D eigenvalue weighted by Crippen LogP contribution is -2.25. The number of hydrogen-bond donors (Lipinski definition) is 2. The molecule has 2 aromatic carbocycles. The van der Waals surface area contributed by atoms with Gasteiger partial charge in [0.25, 0.3) is 0 Å². The Kier molecular flexibility index (Phi) is 5.88. The molecule has 0 fully saturated rings. The van der Waals surface area contributed by atoms with E-state index < -0.39 is 8.03 Å². The van der Waals surface area contributed by atoms with E-state index in [9.17, 15) is 14.3 Å². The Hall–Kier alpha value is -1.74. The van der Waals surface area contributed by atoms with E-state index in [1.807, 2.05) is 30.3 Å². The van der Waals surface area contributed by atoms with Crippen molar-refractivity contribution in [2.24, 2.45) is 0 Å². The number of carbonyl (C=O) groups excluding carboxylic acids is 1. The van der Waals surface area contributed by atoms with Gasteiger partial charge in [-0.1, -0.05) is 48.5 Å². The van der Waals surface area contributed by atoms with Gasteiger partial charge in [0.2, 0.25) is 8.03 Å². The topological polar surface area (TPSA) is 66.4 Å². The largest absolute Gasteiger partial charge is 0.343 e. The maximum Gasteiger partial charge on any atom is 0.218 e. The first-order valence-electron chi connectivity index (χ1n) is 6.74. The minimum absolute atomic E-state index is 0.00151. The Morgan fingerprint density at radius 2 is 1.71 bits per heavy atom. The summed E-state index contributed by atoms with van der Waals surface area (Å²) in [5, 5.41) is 3.46. The summed E-state index contributed by atoms with van der Waals surface area (Å²) in [7, 11) is -2.77. The zero-order valence-electron chi connectivity index (χ0n) is 11.6. The molecule has 0 saturated heterocycles. The zero-order valence-corrected chi connectivity index (χ0v) is 12.6. The Morgan fingerprint density at radius 1 is 1.05 bits per heavy atom. The van der Waals surface area contributed by atoms with Crippen molar-refractivity contribution in [3.63, 3.8) is 0 Å². The van der Waals surface area contributed by atoms with Crippen molar-refractivity contribution >= 4 is 19.1 Å². The second-order valence-electron chi connectivity index (χ2n) is 4.77. The summed E-state index contributed by atoms with van der Waals surface area (Å²) in [6.45, 7) is 0.875. The van der Waals surface area contributed by atoms with Crippen molar-refractivity contribution in [3.05, 3.63) is 65.7 Å². The van der Waals surface area contributed by atoms with Crippen LogP contribution in [0.15, 0.2) is 54.6 Å². The van der Waals surface area contributed by atoms with E-state index in [-0.39, 0.29) is 18.7 Å². The van der Waals surface area contributed by atoms with Gasteiger partial charge < -0.3 is 10.2 Å². The van der Waals surface area contributed by atoms with E-state index in [4.69, 9.17) is 0 Å². The van der Waals surface area contributed by atoms with Crippen molar-refractivity contribution in [1.29, 1.82) is 0 Å². The fourth-order valence-electron chi connectivity index (χ4n) is 2.10. The lowest BCUT2D eigenvalue weighted by Gasteiger charge is -2.07. The number of benzene rings is 2. The minimum Gasteiger partial charge on any atom is -0.343 e. The predicted octanol–water partition coefficient (Wildman–Crippen LogP) is 1.68. The molecule has 2 rings (SSSR count). The fraction of sp³-hybridized carbons (Fsp3) is 0.188. The molecule has 1 unspecified atom stereocenters. The normalized spacial score (nSPS) is 12.0. The van der Waals surface area contributed by atoms with E-state index in [1.54, 1.807) is 24.3 Å². The zero-order chi connectivity index (χ0) is 15.1. The molecule has 5 heteroatoms. The van der Waals surface area contributed by atoms with Gasteiger partial charge in [0.15, 0.2) is 5.78 Å². The molecule has 2 aromatic rings. The summed E-state index contributed by atoms with van der Waals surface area (Å²) in [4.78, 5) is 21.2. The second kappa shape index (κ2) is 7.89. The molecule has 1 atom stereocenters. The maximum absolute atomic E-state index is 11.9. The number of nitrogens with one attached hydrogen (secondary N) is 1. The van der Waals surface area contributed by atoms with Crippen molar-refractivity contribution in [2.45, 2.75) is 13.0 Å². The van der Waals surface area contributed by atoms with Crippen LogP contribution in [0.3, 0.4) is 0 Å². The third-order valence-electron chi connectivity index (χ3n) is 3.13. The monoisotopic (exact) mass is 303 g/mol. The average molecular weight is 303 g/mol. The molecule has 0 aliphatic carbocycles. The molecule has 0 heterocycles. The SMILES string of the molecule is O=C(CNCc1ccccc1)Cc1ccccc1[PH](=O)O. The third kappa shape index (κ3) is 4.94. The van der Waals surface area contributed by atoms with Gasteiger partial charge in [-0.2, -0.15) is 0 Å². The summed E-state index contributed by atoms with van der Waals surface area (Å²) in [5.41, 5.74) is 1.75. The summed E-state index contributed by atoms with van der Waals surface area (Å²) in [6, 6.07) is 16.6. The predicted molar refractivity (Wildman–Crippen MR) is 84.2 cm³/mol. The highest BCUT2D eigenvalue weighted by atomic mass is 31.1. The van der Waals surface area contributed by atoms with Crippen LogP contribution in [0, 0.1) is 0 Å². The number of Topliss-reactive ketones (excluding diaryl/α,β-unsaturated/α-hetero) is 1. The highest BCUT2D eigenvalue weighted by Gasteiger charge is 2.10. The summed E-state index contributed by atoms with van der Waals surface area (Å²) in [6.07, 6.45) is 0.176. The highest BCUT2D eigenvalue weighted by molar-refractivity contribution is 7.47. The van der Waals surface area contributed by atoms with Gasteiger partial charge >= 0.3 is 0 Å². The molecule has 0 saturated carbocycles. The summed E-state index contributed by atoms with van der Waals surface area (Å²) < 4.78 is 11.3. The van der Waals surface area contributed by atoms with Gasteiger partial charge in [0.1, 0.15) is 0 Å². The van der Waals surface area contributed by atoms with Gasteiger partial charge in [0.05, 0.1) is 6.54 Å². The van der Waals surface area contributed by atoms with E-state index in [1.165, 1.54) is 0 Å². The molecule has 0 aromatic heterocycles. The first kappa shape index (κ1) is 15.6. The molecule has 0 spiro atoms. The Bertz CT molecular complexity index is 628. The van der Waals surface area contributed by atoms with Crippen LogP contribution in [0.25, 0.3) is 0 Å². The van der Waals surface area contributed by atoms with Crippen LogP contribution >= 0.6 is 8.03 Å². The summed E-state index contributed by atoms with van der Waals surface area (Å²) in [5.74, 6) is 0.00151. The van der Waals surface area contributed by atoms with Crippen molar-refractivity contribution < 1.29 is 14.3 Å². The van der Waals surface area contributed by atoms with Crippen LogP contribution in [0.1, 0.15) is 11.1 Å². The number of carbonyl (C=O) groups is 1. The standard InChI is InChI=1S/C16H18NO3P/c18-15(12-17-11-13-6-2-1-3-7-13)10-14-8-4-5-9-16(14)21(19)20/h1-9,17,21H,10-12H2,(H,19,20). The minimum atomic E-state index is -2.77. The quantitative estimate of drug-likeness (QED) is 0.764. The molecule has 21 heavy (non-hydrogen) atoms. The lowest BCUT2D eigenvalue weighted by atomic mass is 10.1. The molecule has 0 aliphatic rings. The molecule has 0 radical (unpaired) electrons. The lowest BCUT2D eigenvalue weighted by molar-refractivity contribution is -0.117. The smallest absolute Gasteiger partial charge is 0.218 e. The van der Waals surface area contributed by atoms with E-state index in [2.05, 4.69) is 5.32 Å². The van der Waals surface area contributed by atoms with Crippen LogP contribution < -0.4 is 10.6 Å². The van der Waals surface area contributed by atoms with Crippen molar-refractivity contribution in [3.8, 4) is 0 Å². The number of ketones is 1. The molecule has 0 amide bonds. The molecule has 0 bridgehead atoms. The Balaban J connectivity index is 1.86. The highest BCUT2D eigenvalue weighted by Crippen LogP contribution is 2.16. The van der Waals surface area contributed by atoms with Crippen LogP contribution in [-0.2, 0) is 22.3 Å². The van der Waals surface area contributed by atoms with E-state index in [0.29, 0.717) is 17.4 Å². The molecule has 2 N–H and O–H groups in total. The molecule has 0 aliphatic heterocycles. The number of hydrogen-bond acceptors (Lipinski definition) is 3. The number of rotatable bonds is 7. The van der Waals surface area contributed by atoms with Crippen molar-refractivity contribution in [2.75, 3.05) is 6.54 Å². The summed E-state index contributed by atoms with van der Waals surface area (Å²) >= 11 is 0. The first-order chi connectivity index (χ1) is 10.2. The van der Waals surface area contributed by atoms with Gasteiger partial charge in [-0.25, -0.2) is 0 Å².